The number of aromatic hydroxyl groups is 1. The normalized spacial score (nSPS) is 12.9. The first-order chi connectivity index (χ1) is 9.97. The summed E-state index contributed by atoms with van der Waals surface area (Å²) >= 11 is 5.74. The third-order valence-corrected chi connectivity index (χ3v) is 3.29. The second kappa shape index (κ2) is 6.33. The SMILES string of the molecule is O=C(O)C(Cl)c1cc(O)cc(C(O)=Cc2ccccc2)c1. The summed E-state index contributed by atoms with van der Waals surface area (Å²) in [7, 11) is 0. The smallest absolute Gasteiger partial charge is 0.326 e. The van der Waals surface area contributed by atoms with Gasteiger partial charge in [0, 0.05) is 5.56 Å². The summed E-state index contributed by atoms with van der Waals surface area (Å²) in [5.74, 6) is -1.48. The second-order valence-electron chi connectivity index (χ2n) is 4.45. The van der Waals surface area contributed by atoms with E-state index in [0.717, 1.165) is 5.56 Å². The summed E-state index contributed by atoms with van der Waals surface area (Å²) in [5.41, 5.74) is 1.27. The van der Waals surface area contributed by atoms with Crippen molar-refractivity contribution in [3.63, 3.8) is 0 Å². The molecule has 2 aromatic carbocycles. The minimum absolute atomic E-state index is 0.0902. The Hall–Kier alpha value is -2.46. The molecule has 0 aromatic heterocycles. The maximum absolute atomic E-state index is 10.9. The van der Waals surface area contributed by atoms with Crippen LogP contribution in [0.4, 0.5) is 0 Å². The molecular formula is C16H13ClO4. The number of hydrogen-bond donors (Lipinski definition) is 3. The molecule has 1 unspecified atom stereocenters. The van der Waals surface area contributed by atoms with Crippen LogP contribution in [0.1, 0.15) is 22.1 Å². The van der Waals surface area contributed by atoms with Gasteiger partial charge in [-0.05, 0) is 35.4 Å². The van der Waals surface area contributed by atoms with Crippen molar-refractivity contribution in [1.82, 2.24) is 0 Å². The Labute approximate surface area is 126 Å². The molecular weight excluding hydrogens is 292 g/mol. The summed E-state index contributed by atoms with van der Waals surface area (Å²) in [4.78, 5) is 10.9. The van der Waals surface area contributed by atoms with Crippen molar-refractivity contribution in [1.29, 1.82) is 0 Å². The Morgan fingerprint density at radius 3 is 2.38 bits per heavy atom. The molecule has 1 atom stereocenters. The van der Waals surface area contributed by atoms with E-state index in [4.69, 9.17) is 16.7 Å². The first kappa shape index (κ1) is 14.9. The van der Waals surface area contributed by atoms with Crippen molar-refractivity contribution in [3.05, 3.63) is 65.2 Å². The van der Waals surface area contributed by atoms with Crippen LogP contribution >= 0.6 is 11.6 Å². The van der Waals surface area contributed by atoms with Crippen LogP contribution in [0.25, 0.3) is 11.8 Å². The van der Waals surface area contributed by atoms with Crippen molar-refractivity contribution < 1.29 is 20.1 Å². The summed E-state index contributed by atoms with van der Waals surface area (Å²) in [5, 5.41) is 27.4. The van der Waals surface area contributed by atoms with E-state index in [9.17, 15) is 15.0 Å². The molecule has 0 amide bonds. The standard InChI is InChI=1S/C16H13ClO4/c17-15(16(20)21)12-7-11(8-13(18)9-12)14(19)6-10-4-2-1-3-5-10/h1-9,15,18-19H,(H,20,21). The van der Waals surface area contributed by atoms with E-state index < -0.39 is 11.3 Å². The third kappa shape index (κ3) is 3.77. The number of phenolic OH excluding ortho intramolecular Hbond substituents is 1. The maximum atomic E-state index is 10.9. The molecule has 0 aliphatic carbocycles. The summed E-state index contributed by atoms with van der Waals surface area (Å²) in [6.45, 7) is 0. The molecule has 2 rings (SSSR count). The lowest BCUT2D eigenvalue weighted by Gasteiger charge is -2.09. The van der Waals surface area contributed by atoms with E-state index >= 15 is 0 Å². The second-order valence-corrected chi connectivity index (χ2v) is 4.89. The lowest BCUT2D eigenvalue weighted by Crippen LogP contribution is -2.05. The molecule has 3 N–H and O–H groups in total. The topological polar surface area (TPSA) is 77.8 Å². The molecule has 0 heterocycles. The van der Waals surface area contributed by atoms with E-state index in [1.54, 1.807) is 0 Å². The predicted octanol–water partition coefficient (Wildman–Crippen LogP) is 3.81. The van der Waals surface area contributed by atoms with Gasteiger partial charge in [0.25, 0.3) is 0 Å². The van der Waals surface area contributed by atoms with E-state index in [-0.39, 0.29) is 17.1 Å². The monoisotopic (exact) mass is 304 g/mol. The molecule has 0 aliphatic rings. The number of aliphatic hydroxyl groups is 1. The molecule has 0 radical (unpaired) electrons. The van der Waals surface area contributed by atoms with Crippen LogP contribution in [0, 0.1) is 0 Å². The summed E-state index contributed by atoms with van der Waals surface area (Å²) in [6, 6.07) is 13.1. The molecule has 0 bridgehead atoms. The lowest BCUT2D eigenvalue weighted by molar-refractivity contribution is -0.136. The number of hydrogen-bond acceptors (Lipinski definition) is 3. The van der Waals surface area contributed by atoms with Gasteiger partial charge in [-0.1, -0.05) is 30.3 Å². The molecule has 108 valence electrons. The zero-order chi connectivity index (χ0) is 15.4. The largest absolute Gasteiger partial charge is 0.508 e. The molecule has 21 heavy (non-hydrogen) atoms. The number of aliphatic carboxylic acids is 1. The number of alkyl halides is 1. The molecule has 0 aliphatic heterocycles. The van der Waals surface area contributed by atoms with Gasteiger partial charge < -0.3 is 15.3 Å². The van der Waals surface area contributed by atoms with Crippen LogP contribution in [0.15, 0.2) is 48.5 Å². The zero-order valence-corrected chi connectivity index (χ0v) is 11.7. The minimum atomic E-state index is -1.29. The van der Waals surface area contributed by atoms with Crippen LogP contribution in [0.5, 0.6) is 5.75 Å². The lowest BCUT2D eigenvalue weighted by atomic mass is 10.0. The van der Waals surface area contributed by atoms with Gasteiger partial charge in [-0.25, -0.2) is 0 Å². The highest BCUT2D eigenvalue weighted by molar-refractivity contribution is 6.29. The number of carboxylic acids is 1. The number of phenols is 1. The number of aliphatic hydroxyl groups excluding tert-OH is 1. The van der Waals surface area contributed by atoms with Crippen molar-refractivity contribution >= 4 is 29.4 Å². The van der Waals surface area contributed by atoms with Gasteiger partial charge in [-0.15, -0.1) is 11.6 Å². The molecule has 0 fully saturated rings. The minimum Gasteiger partial charge on any atom is -0.508 e. The van der Waals surface area contributed by atoms with Gasteiger partial charge >= 0.3 is 5.97 Å². The van der Waals surface area contributed by atoms with Crippen molar-refractivity contribution in [2.24, 2.45) is 0 Å². The number of carbonyl (C=O) groups is 1. The number of rotatable bonds is 4. The first-order valence-corrected chi connectivity index (χ1v) is 6.58. The number of halogens is 1. The fourth-order valence-corrected chi connectivity index (χ4v) is 1.99. The number of benzene rings is 2. The average Bonchev–Trinajstić information content (AvgIpc) is 2.46. The van der Waals surface area contributed by atoms with Gasteiger partial charge in [-0.2, -0.15) is 0 Å². The molecule has 4 nitrogen and oxygen atoms in total. The van der Waals surface area contributed by atoms with E-state index in [0.29, 0.717) is 5.56 Å². The highest BCUT2D eigenvalue weighted by atomic mass is 35.5. The van der Waals surface area contributed by atoms with Crippen molar-refractivity contribution in [3.8, 4) is 5.75 Å². The van der Waals surface area contributed by atoms with E-state index in [1.165, 1.54) is 24.3 Å². The Bertz CT molecular complexity index is 680. The fraction of sp³-hybridized carbons (Fsp3) is 0.0625. The van der Waals surface area contributed by atoms with Gasteiger partial charge in [-0.3, -0.25) is 4.79 Å². The Balaban J connectivity index is 2.40. The highest BCUT2D eigenvalue weighted by Gasteiger charge is 2.18. The van der Waals surface area contributed by atoms with E-state index in [1.807, 2.05) is 30.3 Å². The van der Waals surface area contributed by atoms with Crippen LogP contribution in [0.3, 0.4) is 0 Å². The average molecular weight is 305 g/mol. The van der Waals surface area contributed by atoms with Gasteiger partial charge in [0.2, 0.25) is 0 Å². The van der Waals surface area contributed by atoms with Crippen LogP contribution < -0.4 is 0 Å². The molecule has 0 saturated carbocycles. The zero-order valence-electron chi connectivity index (χ0n) is 10.9. The van der Waals surface area contributed by atoms with Gasteiger partial charge in [0.05, 0.1) is 0 Å². The summed E-state index contributed by atoms with van der Waals surface area (Å²) < 4.78 is 0. The van der Waals surface area contributed by atoms with Crippen molar-refractivity contribution in [2.45, 2.75) is 5.38 Å². The van der Waals surface area contributed by atoms with Crippen LogP contribution in [-0.2, 0) is 4.79 Å². The quantitative estimate of drug-likeness (QED) is 0.456. The van der Waals surface area contributed by atoms with Crippen molar-refractivity contribution in [2.75, 3.05) is 0 Å². The maximum Gasteiger partial charge on any atom is 0.326 e. The highest BCUT2D eigenvalue weighted by Crippen LogP contribution is 2.28. The van der Waals surface area contributed by atoms with Gasteiger partial charge in [0.1, 0.15) is 11.5 Å². The fourth-order valence-electron chi connectivity index (χ4n) is 1.86. The summed E-state index contributed by atoms with van der Waals surface area (Å²) in [6.07, 6.45) is 1.52. The Morgan fingerprint density at radius 2 is 1.76 bits per heavy atom. The molecule has 0 spiro atoms. The molecule has 5 heteroatoms. The molecule has 2 aromatic rings. The van der Waals surface area contributed by atoms with Crippen LogP contribution in [-0.4, -0.2) is 21.3 Å². The molecule has 0 saturated heterocycles. The Kier molecular flexibility index (Phi) is 4.50. The third-order valence-electron chi connectivity index (χ3n) is 2.85. The van der Waals surface area contributed by atoms with Crippen LogP contribution in [0.2, 0.25) is 0 Å². The van der Waals surface area contributed by atoms with E-state index in [2.05, 4.69) is 0 Å². The van der Waals surface area contributed by atoms with Gasteiger partial charge in [0.15, 0.2) is 5.38 Å². The number of carboxylic acid groups (broad SMARTS) is 1. The Morgan fingerprint density at radius 1 is 1.10 bits per heavy atom. The first-order valence-electron chi connectivity index (χ1n) is 6.14. The predicted molar refractivity (Wildman–Crippen MR) is 81.3 cm³/mol.